The minimum absolute atomic E-state index is 0.193. The van der Waals surface area contributed by atoms with Crippen LogP contribution < -0.4 is 5.32 Å². The van der Waals surface area contributed by atoms with E-state index in [1.165, 1.54) is 12.1 Å². The Hall–Kier alpha value is -1.61. The smallest absolute Gasteiger partial charge is 0.390 e. The predicted octanol–water partition coefficient (Wildman–Crippen LogP) is 0.522. The van der Waals surface area contributed by atoms with Gasteiger partial charge in [-0.05, 0) is 17.7 Å². The number of benzene rings is 1. The first-order valence-electron chi connectivity index (χ1n) is 6.41. The zero-order chi connectivity index (χ0) is 16.5. The lowest BCUT2D eigenvalue weighted by Gasteiger charge is -2.15. The van der Waals surface area contributed by atoms with E-state index in [4.69, 9.17) is 0 Å². The molecule has 2 N–H and O–H groups in total. The number of hydrogen-bond acceptors (Lipinski definition) is 4. The molecule has 1 amide bonds. The van der Waals surface area contributed by atoms with Crippen molar-refractivity contribution in [2.75, 3.05) is 11.5 Å². The molecular weight excluding hydrogens is 323 g/mol. The summed E-state index contributed by atoms with van der Waals surface area (Å²) in [7, 11) is -3.37. The number of aliphatic hydroxyl groups is 1. The van der Waals surface area contributed by atoms with Gasteiger partial charge in [0.15, 0.2) is 9.84 Å². The average Bonchev–Trinajstić information content (AvgIpc) is 2.61. The lowest BCUT2D eigenvalue weighted by Crippen LogP contribution is -2.43. The van der Waals surface area contributed by atoms with Gasteiger partial charge in [0, 0.05) is 0 Å². The van der Waals surface area contributed by atoms with Crippen molar-refractivity contribution < 1.29 is 31.5 Å². The monoisotopic (exact) mass is 337 g/mol. The molecule has 0 aliphatic carbocycles. The Bertz CT molecular complexity index is 655. The van der Waals surface area contributed by atoms with Gasteiger partial charge in [0.05, 0.1) is 35.6 Å². The molecule has 1 aliphatic heterocycles. The van der Waals surface area contributed by atoms with Crippen molar-refractivity contribution in [1.29, 1.82) is 0 Å². The molecule has 0 spiro atoms. The topological polar surface area (TPSA) is 83.5 Å². The van der Waals surface area contributed by atoms with E-state index in [2.05, 4.69) is 5.32 Å². The maximum Gasteiger partial charge on any atom is 0.416 e. The Morgan fingerprint density at radius 3 is 2.27 bits per heavy atom. The van der Waals surface area contributed by atoms with Crippen LogP contribution >= 0.6 is 0 Å². The van der Waals surface area contributed by atoms with E-state index < -0.39 is 45.4 Å². The number of amides is 1. The second-order valence-corrected chi connectivity index (χ2v) is 7.34. The standard InChI is InChI=1S/C13H14F3NO4S/c14-13(15,16)9-3-1-8(2-4-9)5-12(19)17-10-6-22(20,21)7-11(10)18/h1-4,10-11,18H,5-7H2,(H,17,19)/t10-,11-/m1/s1. The van der Waals surface area contributed by atoms with Crippen molar-refractivity contribution in [2.45, 2.75) is 24.7 Å². The molecule has 2 rings (SSSR count). The van der Waals surface area contributed by atoms with Crippen LogP contribution in [0, 0.1) is 0 Å². The Labute approximate surface area is 125 Å². The van der Waals surface area contributed by atoms with Crippen LogP contribution in [-0.2, 0) is 27.2 Å². The molecule has 122 valence electrons. The first kappa shape index (κ1) is 16.8. The van der Waals surface area contributed by atoms with Gasteiger partial charge in [-0.15, -0.1) is 0 Å². The fourth-order valence-electron chi connectivity index (χ4n) is 2.22. The third-order valence-corrected chi connectivity index (χ3v) is 5.03. The highest BCUT2D eigenvalue weighted by atomic mass is 32.2. The van der Waals surface area contributed by atoms with E-state index in [-0.39, 0.29) is 12.2 Å². The van der Waals surface area contributed by atoms with Crippen LogP contribution in [0.1, 0.15) is 11.1 Å². The molecule has 2 atom stereocenters. The molecule has 0 saturated carbocycles. The summed E-state index contributed by atoms with van der Waals surface area (Å²) >= 11 is 0. The highest BCUT2D eigenvalue weighted by Gasteiger charge is 2.37. The van der Waals surface area contributed by atoms with Crippen molar-refractivity contribution >= 4 is 15.7 Å². The highest BCUT2D eigenvalue weighted by Crippen LogP contribution is 2.29. The van der Waals surface area contributed by atoms with Gasteiger partial charge in [0.25, 0.3) is 0 Å². The molecule has 1 fully saturated rings. The van der Waals surface area contributed by atoms with E-state index in [1.807, 2.05) is 0 Å². The molecule has 1 aliphatic rings. The van der Waals surface area contributed by atoms with E-state index in [0.717, 1.165) is 12.1 Å². The highest BCUT2D eigenvalue weighted by molar-refractivity contribution is 7.91. The summed E-state index contributed by atoms with van der Waals surface area (Å²) in [5, 5.41) is 11.9. The molecule has 0 bridgehead atoms. The van der Waals surface area contributed by atoms with Crippen molar-refractivity contribution in [3.05, 3.63) is 35.4 Å². The number of sulfone groups is 1. The lowest BCUT2D eigenvalue weighted by molar-refractivity contribution is -0.137. The summed E-state index contributed by atoms with van der Waals surface area (Å²) in [6.45, 7) is 0. The lowest BCUT2D eigenvalue weighted by atomic mass is 10.1. The van der Waals surface area contributed by atoms with Gasteiger partial charge in [0.2, 0.25) is 5.91 Å². The zero-order valence-corrected chi connectivity index (χ0v) is 12.1. The Morgan fingerprint density at radius 2 is 1.82 bits per heavy atom. The Morgan fingerprint density at radius 1 is 1.23 bits per heavy atom. The molecule has 5 nitrogen and oxygen atoms in total. The number of halogens is 3. The number of carbonyl (C=O) groups excluding carboxylic acids is 1. The summed E-state index contributed by atoms with van der Waals surface area (Å²) in [5.74, 6) is -1.30. The van der Waals surface area contributed by atoms with Crippen molar-refractivity contribution in [3.8, 4) is 0 Å². The molecule has 22 heavy (non-hydrogen) atoms. The van der Waals surface area contributed by atoms with Gasteiger partial charge in [-0.2, -0.15) is 13.2 Å². The predicted molar refractivity (Wildman–Crippen MR) is 71.7 cm³/mol. The minimum atomic E-state index is -4.44. The van der Waals surface area contributed by atoms with Crippen LogP contribution in [0.2, 0.25) is 0 Å². The molecule has 0 aromatic heterocycles. The molecular formula is C13H14F3NO4S. The summed E-state index contributed by atoms with van der Waals surface area (Å²) in [6.07, 6.45) is -5.80. The second kappa shape index (κ2) is 5.88. The number of aliphatic hydroxyl groups excluding tert-OH is 1. The van der Waals surface area contributed by atoms with E-state index in [9.17, 15) is 31.5 Å². The summed E-state index contributed by atoms with van der Waals surface area (Å²) < 4.78 is 59.8. The third-order valence-electron chi connectivity index (χ3n) is 3.31. The van der Waals surface area contributed by atoms with Crippen LogP contribution in [0.25, 0.3) is 0 Å². The van der Waals surface area contributed by atoms with Gasteiger partial charge in [-0.3, -0.25) is 4.79 Å². The second-order valence-electron chi connectivity index (χ2n) is 5.19. The van der Waals surface area contributed by atoms with Crippen molar-refractivity contribution in [1.82, 2.24) is 5.32 Å². The maximum absolute atomic E-state index is 12.4. The van der Waals surface area contributed by atoms with E-state index in [1.54, 1.807) is 0 Å². The van der Waals surface area contributed by atoms with Gasteiger partial charge in [0.1, 0.15) is 0 Å². The first-order valence-corrected chi connectivity index (χ1v) is 8.23. The van der Waals surface area contributed by atoms with E-state index in [0.29, 0.717) is 5.56 Å². The molecule has 1 aromatic rings. The minimum Gasteiger partial charge on any atom is -0.390 e. The van der Waals surface area contributed by atoms with Crippen molar-refractivity contribution in [2.24, 2.45) is 0 Å². The van der Waals surface area contributed by atoms with Crippen LogP contribution in [0.4, 0.5) is 13.2 Å². The van der Waals surface area contributed by atoms with Crippen LogP contribution in [0.5, 0.6) is 0 Å². The van der Waals surface area contributed by atoms with Crippen LogP contribution in [-0.4, -0.2) is 43.1 Å². The largest absolute Gasteiger partial charge is 0.416 e. The molecule has 1 aromatic carbocycles. The number of carbonyl (C=O) groups is 1. The van der Waals surface area contributed by atoms with Gasteiger partial charge in [-0.25, -0.2) is 8.42 Å². The maximum atomic E-state index is 12.4. The summed E-state index contributed by atoms with van der Waals surface area (Å²) in [6, 6.07) is 3.23. The normalized spacial score (nSPS) is 24.2. The van der Waals surface area contributed by atoms with Gasteiger partial charge >= 0.3 is 6.18 Å². The molecule has 0 unspecified atom stereocenters. The Kier molecular flexibility index (Phi) is 4.48. The average molecular weight is 337 g/mol. The van der Waals surface area contributed by atoms with Gasteiger partial charge in [-0.1, -0.05) is 12.1 Å². The number of alkyl halides is 3. The molecule has 0 radical (unpaired) electrons. The van der Waals surface area contributed by atoms with Crippen molar-refractivity contribution in [3.63, 3.8) is 0 Å². The fourth-order valence-corrected chi connectivity index (χ4v) is 3.96. The quantitative estimate of drug-likeness (QED) is 0.842. The third kappa shape index (κ3) is 4.20. The molecule has 1 saturated heterocycles. The molecule has 9 heteroatoms. The summed E-state index contributed by atoms with van der Waals surface area (Å²) in [4.78, 5) is 11.8. The fraction of sp³-hybridized carbons (Fsp3) is 0.462. The zero-order valence-electron chi connectivity index (χ0n) is 11.3. The summed E-state index contributed by atoms with van der Waals surface area (Å²) in [5.41, 5.74) is -0.449. The molecule has 1 heterocycles. The Balaban J connectivity index is 1.95. The SMILES string of the molecule is O=C(Cc1ccc(C(F)(F)F)cc1)N[C@@H]1CS(=O)(=O)C[C@H]1O. The number of rotatable bonds is 3. The van der Waals surface area contributed by atoms with E-state index >= 15 is 0 Å². The first-order chi connectivity index (χ1) is 10.1. The number of hydrogen-bond donors (Lipinski definition) is 2. The number of nitrogens with one attached hydrogen (secondary N) is 1. The van der Waals surface area contributed by atoms with Crippen LogP contribution in [0.15, 0.2) is 24.3 Å². The van der Waals surface area contributed by atoms with Crippen LogP contribution in [0.3, 0.4) is 0 Å². The van der Waals surface area contributed by atoms with Gasteiger partial charge < -0.3 is 10.4 Å².